The van der Waals surface area contributed by atoms with Crippen molar-refractivity contribution in [3.05, 3.63) is 28.2 Å². The summed E-state index contributed by atoms with van der Waals surface area (Å²) in [4.78, 5) is 0.274. The van der Waals surface area contributed by atoms with Gasteiger partial charge in [-0.1, -0.05) is 18.9 Å². The lowest BCUT2D eigenvalue weighted by atomic mass is 10.2. The molecule has 0 radical (unpaired) electrons. The molecule has 0 atom stereocenters. The third kappa shape index (κ3) is 4.27. The van der Waals surface area contributed by atoms with Crippen LogP contribution in [0.4, 0.5) is 0 Å². The highest BCUT2D eigenvalue weighted by Crippen LogP contribution is 2.33. The van der Waals surface area contributed by atoms with Crippen molar-refractivity contribution in [3.63, 3.8) is 0 Å². The van der Waals surface area contributed by atoms with Crippen molar-refractivity contribution >= 4 is 26.0 Å². The Bertz CT molecular complexity index is 542. The monoisotopic (exact) mass is 346 g/mol. The van der Waals surface area contributed by atoms with E-state index < -0.39 is 10.0 Å². The lowest BCUT2D eigenvalue weighted by Crippen LogP contribution is -2.25. The van der Waals surface area contributed by atoms with Crippen LogP contribution in [0, 0.1) is 5.92 Å². The van der Waals surface area contributed by atoms with Gasteiger partial charge in [0.05, 0.1) is 4.90 Å². The number of benzene rings is 1. The van der Waals surface area contributed by atoms with Gasteiger partial charge in [0.1, 0.15) is 0 Å². The molecule has 2 rings (SSSR count). The Morgan fingerprint density at radius 2 is 2.11 bits per heavy atom. The molecule has 4 nitrogen and oxygen atoms in total. The van der Waals surface area contributed by atoms with Gasteiger partial charge in [0.2, 0.25) is 10.0 Å². The van der Waals surface area contributed by atoms with Crippen LogP contribution in [0.2, 0.25) is 0 Å². The van der Waals surface area contributed by atoms with E-state index >= 15 is 0 Å². The molecule has 0 amide bonds. The van der Waals surface area contributed by atoms with Crippen molar-refractivity contribution in [1.82, 2.24) is 4.72 Å². The molecule has 19 heavy (non-hydrogen) atoms. The summed E-state index contributed by atoms with van der Waals surface area (Å²) in [5.74, 6) is 0.833. The standard InChI is InChI=1S/C13H19BrN2O2S/c14-12-8-11(9-15)5-6-13(12)19(17,18)16-7-1-2-10-3-4-10/h5-6,8,10,16H,1-4,7,9,15H2. The normalized spacial score (nSPS) is 15.7. The zero-order chi connectivity index (χ0) is 13.9. The molecule has 0 heterocycles. The average molecular weight is 347 g/mol. The third-order valence-corrected chi connectivity index (χ3v) is 5.74. The van der Waals surface area contributed by atoms with Crippen molar-refractivity contribution in [2.45, 2.75) is 37.1 Å². The van der Waals surface area contributed by atoms with Crippen LogP contribution in [0.5, 0.6) is 0 Å². The number of rotatable bonds is 7. The molecule has 1 aromatic rings. The first-order valence-corrected chi connectivity index (χ1v) is 8.78. The molecule has 1 aliphatic rings. The van der Waals surface area contributed by atoms with Gasteiger partial charge >= 0.3 is 0 Å². The second-order valence-corrected chi connectivity index (χ2v) is 7.54. The van der Waals surface area contributed by atoms with Gasteiger partial charge in [-0.15, -0.1) is 0 Å². The summed E-state index contributed by atoms with van der Waals surface area (Å²) in [7, 11) is -3.43. The SMILES string of the molecule is NCc1ccc(S(=O)(=O)NCCCC2CC2)c(Br)c1. The van der Waals surface area contributed by atoms with Gasteiger partial charge in [0, 0.05) is 17.6 Å². The second-order valence-electron chi connectivity index (χ2n) is 4.95. The Morgan fingerprint density at radius 1 is 1.37 bits per heavy atom. The smallest absolute Gasteiger partial charge is 0.241 e. The molecule has 1 aliphatic carbocycles. The van der Waals surface area contributed by atoms with Crippen LogP contribution in [-0.4, -0.2) is 15.0 Å². The maximum Gasteiger partial charge on any atom is 0.241 e. The Morgan fingerprint density at radius 3 is 2.68 bits per heavy atom. The lowest BCUT2D eigenvalue weighted by Gasteiger charge is -2.09. The zero-order valence-electron chi connectivity index (χ0n) is 10.7. The summed E-state index contributed by atoms with van der Waals surface area (Å²) in [5.41, 5.74) is 6.43. The van der Waals surface area contributed by atoms with Gasteiger partial charge in [-0.05, 0) is 52.4 Å². The molecular formula is C13H19BrN2O2S. The van der Waals surface area contributed by atoms with Gasteiger partial charge < -0.3 is 5.73 Å². The van der Waals surface area contributed by atoms with E-state index in [2.05, 4.69) is 20.7 Å². The second kappa shape index (κ2) is 6.35. The number of halogens is 1. The molecule has 0 unspecified atom stereocenters. The van der Waals surface area contributed by atoms with Gasteiger partial charge in [-0.25, -0.2) is 13.1 Å². The average Bonchev–Trinajstić information content (AvgIpc) is 3.18. The molecule has 0 spiro atoms. The van der Waals surface area contributed by atoms with Crippen LogP contribution >= 0.6 is 15.9 Å². The Labute approximate surface area is 122 Å². The van der Waals surface area contributed by atoms with Gasteiger partial charge in [-0.2, -0.15) is 0 Å². The van der Waals surface area contributed by atoms with E-state index in [-0.39, 0.29) is 4.90 Å². The molecule has 6 heteroatoms. The van der Waals surface area contributed by atoms with Crippen molar-refractivity contribution in [3.8, 4) is 0 Å². The minimum absolute atomic E-state index is 0.274. The first-order valence-electron chi connectivity index (χ1n) is 6.51. The highest BCUT2D eigenvalue weighted by molar-refractivity contribution is 9.10. The van der Waals surface area contributed by atoms with Crippen LogP contribution in [0.1, 0.15) is 31.2 Å². The maximum atomic E-state index is 12.1. The van der Waals surface area contributed by atoms with Crippen LogP contribution in [0.15, 0.2) is 27.6 Å². The lowest BCUT2D eigenvalue weighted by molar-refractivity contribution is 0.572. The van der Waals surface area contributed by atoms with Crippen molar-refractivity contribution < 1.29 is 8.42 Å². The summed E-state index contributed by atoms with van der Waals surface area (Å²) in [6, 6.07) is 5.08. The maximum absolute atomic E-state index is 12.1. The number of nitrogens with one attached hydrogen (secondary N) is 1. The molecule has 0 saturated heterocycles. The fourth-order valence-corrected chi connectivity index (χ4v) is 4.17. The largest absolute Gasteiger partial charge is 0.326 e. The van der Waals surface area contributed by atoms with Crippen molar-refractivity contribution in [2.75, 3.05) is 6.54 Å². The highest BCUT2D eigenvalue weighted by Gasteiger charge is 2.21. The zero-order valence-corrected chi connectivity index (χ0v) is 13.1. The minimum atomic E-state index is -3.43. The van der Waals surface area contributed by atoms with E-state index in [1.165, 1.54) is 12.8 Å². The Kier molecular flexibility index (Phi) is 5.00. The molecule has 0 aliphatic heterocycles. The summed E-state index contributed by atoms with van der Waals surface area (Å²) in [5, 5.41) is 0. The first-order chi connectivity index (χ1) is 9.03. The van der Waals surface area contributed by atoms with Crippen LogP contribution in [0.3, 0.4) is 0 Å². The van der Waals surface area contributed by atoms with E-state index in [1.54, 1.807) is 18.2 Å². The molecular weight excluding hydrogens is 328 g/mol. The quantitative estimate of drug-likeness (QED) is 0.744. The number of hydrogen-bond acceptors (Lipinski definition) is 3. The van der Waals surface area contributed by atoms with E-state index in [0.29, 0.717) is 17.6 Å². The van der Waals surface area contributed by atoms with E-state index in [0.717, 1.165) is 24.3 Å². The molecule has 106 valence electrons. The minimum Gasteiger partial charge on any atom is -0.326 e. The van der Waals surface area contributed by atoms with Crippen LogP contribution < -0.4 is 10.5 Å². The number of sulfonamides is 1. The Hall–Kier alpha value is -0.430. The predicted octanol–water partition coefficient (Wildman–Crippen LogP) is 2.38. The fraction of sp³-hybridized carbons (Fsp3) is 0.538. The summed E-state index contributed by atoms with van der Waals surface area (Å²) < 4.78 is 27.5. The van der Waals surface area contributed by atoms with Gasteiger partial charge in [-0.3, -0.25) is 0 Å². The van der Waals surface area contributed by atoms with Gasteiger partial charge in [0.25, 0.3) is 0 Å². The van der Waals surface area contributed by atoms with E-state index in [4.69, 9.17) is 5.73 Å². The van der Waals surface area contributed by atoms with Gasteiger partial charge in [0.15, 0.2) is 0 Å². The predicted molar refractivity (Wildman–Crippen MR) is 79.2 cm³/mol. The molecule has 0 bridgehead atoms. The number of hydrogen-bond donors (Lipinski definition) is 2. The fourth-order valence-electron chi connectivity index (χ4n) is 1.97. The van der Waals surface area contributed by atoms with Crippen LogP contribution in [-0.2, 0) is 16.6 Å². The summed E-state index contributed by atoms with van der Waals surface area (Å²) >= 11 is 3.29. The molecule has 3 N–H and O–H groups in total. The summed E-state index contributed by atoms with van der Waals surface area (Å²) in [6.45, 7) is 0.900. The van der Waals surface area contributed by atoms with E-state index in [9.17, 15) is 8.42 Å². The Balaban J connectivity index is 1.97. The molecule has 0 aromatic heterocycles. The van der Waals surface area contributed by atoms with Crippen molar-refractivity contribution in [2.24, 2.45) is 11.7 Å². The van der Waals surface area contributed by atoms with E-state index in [1.807, 2.05) is 0 Å². The third-order valence-electron chi connectivity index (χ3n) is 3.30. The topological polar surface area (TPSA) is 72.2 Å². The molecule has 1 fully saturated rings. The highest BCUT2D eigenvalue weighted by atomic mass is 79.9. The number of nitrogens with two attached hydrogens (primary N) is 1. The molecule has 1 saturated carbocycles. The molecule has 1 aromatic carbocycles. The first kappa shape index (κ1) is 15.0. The summed E-state index contributed by atoms with van der Waals surface area (Å²) in [6.07, 6.45) is 4.63. The van der Waals surface area contributed by atoms with Crippen molar-refractivity contribution in [1.29, 1.82) is 0 Å². The van der Waals surface area contributed by atoms with Crippen LogP contribution in [0.25, 0.3) is 0 Å².